The molecule has 1 aliphatic rings. The summed E-state index contributed by atoms with van der Waals surface area (Å²) in [5.41, 5.74) is 0. The molecule has 5 heteroatoms. The molecule has 0 aliphatic carbocycles. The van der Waals surface area contributed by atoms with Gasteiger partial charge in [-0.05, 0) is 18.6 Å². The highest BCUT2D eigenvalue weighted by atomic mass is 32.2. The zero-order chi connectivity index (χ0) is 10.6. The highest BCUT2D eigenvalue weighted by Gasteiger charge is 2.37. The van der Waals surface area contributed by atoms with Crippen molar-refractivity contribution in [1.82, 2.24) is 0 Å². The summed E-state index contributed by atoms with van der Waals surface area (Å²) in [6, 6.07) is 0. The lowest BCUT2D eigenvalue weighted by Crippen LogP contribution is -2.36. The van der Waals surface area contributed by atoms with E-state index in [1.165, 1.54) is 26.0 Å². The topological polar surface area (TPSA) is 52.6 Å². The first-order valence-corrected chi connectivity index (χ1v) is 5.53. The zero-order valence-electron chi connectivity index (χ0n) is 8.32. The molecule has 0 radical (unpaired) electrons. The fourth-order valence-corrected chi connectivity index (χ4v) is 2.82. The summed E-state index contributed by atoms with van der Waals surface area (Å²) in [5.74, 6) is -0.0864. The van der Waals surface area contributed by atoms with Gasteiger partial charge < -0.3 is 9.47 Å². The summed E-state index contributed by atoms with van der Waals surface area (Å²) in [7, 11) is 2.68. The lowest BCUT2D eigenvalue weighted by molar-refractivity contribution is -0.151. The van der Waals surface area contributed by atoms with Gasteiger partial charge in [-0.25, -0.2) is 0 Å². The van der Waals surface area contributed by atoms with Crippen LogP contribution in [0.4, 0.5) is 0 Å². The third kappa shape index (κ3) is 2.41. The van der Waals surface area contributed by atoms with Crippen molar-refractivity contribution in [2.75, 3.05) is 20.0 Å². The second-order valence-corrected chi connectivity index (χ2v) is 4.34. The van der Waals surface area contributed by atoms with Gasteiger partial charge in [0.2, 0.25) is 0 Å². The Morgan fingerprint density at radius 1 is 1.21 bits per heavy atom. The summed E-state index contributed by atoms with van der Waals surface area (Å²) in [5, 5.41) is -0.388. The molecule has 0 amide bonds. The van der Waals surface area contributed by atoms with Gasteiger partial charge in [0.05, 0.1) is 20.1 Å². The molecular formula is C9H14O4S. The molecule has 0 aromatic rings. The van der Waals surface area contributed by atoms with Crippen LogP contribution in [-0.2, 0) is 19.1 Å². The van der Waals surface area contributed by atoms with E-state index in [4.69, 9.17) is 0 Å². The number of hydrogen-bond donors (Lipinski definition) is 0. The molecule has 14 heavy (non-hydrogen) atoms. The highest BCUT2D eigenvalue weighted by molar-refractivity contribution is 8.00. The average molecular weight is 218 g/mol. The van der Waals surface area contributed by atoms with Gasteiger partial charge in [-0.1, -0.05) is 0 Å². The van der Waals surface area contributed by atoms with Gasteiger partial charge in [-0.15, -0.1) is 11.8 Å². The predicted molar refractivity (Wildman–Crippen MR) is 53.0 cm³/mol. The summed E-state index contributed by atoms with van der Waals surface area (Å²) >= 11 is 1.47. The van der Waals surface area contributed by atoms with Crippen LogP contribution in [0.15, 0.2) is 0 Å². The summed E-state index contributed by atoms with van der Waals surface area (Å²) in [6.45, 7) is 0. The number of thioether (sulfide) groups is 1. The van der Waals surface area contributed by atoms with Crippen molar-refractivity contribution in [3.63, 3.8) is 0 Å². The lowest BCUT2D eigenvalue weighted by Gasteiger charge is -2.26. The van der Waals surface area contributed by atoms with Gasteiger partial charge in [0, 0.05) is 0 Å². The molecule has 1 aliphatic heterocycles. The Balaban J connectivity index is 2.68. The number of rotatable bonds is 2. The molecule has 0 N–H and O–H groups in total. The minimum absolute atomic E-state index is 0.312. The van der Waals surface area contributed by atoms with E-state index >= 15 is 0 Å². The number of ether oxygens (including phenoxy) is 2. The van der Waals surface area contributed by atoms with Crippen molar-refractivity contribution in [3.8, 4) is 0 Å². The Labute approximate surface area is 87.3 Å². The van der Waals surface area contributed by atoms with Gasteiger partial charge in [0.25, 0.3) is 0 Å². The van der Waals surface area contributed by atoms with Crippen molar-refractivity contribution in [3.05, 3.63) is 0 Å². The van der Waals surface area contributed by atoms with Crippen LogP contribution in [-0.4, -0.2) is 37.2 Å². The van der Waals surface area contributed by atoms with Crippen molar-refractivity contribution in [1.29, 1.82) is 0 Å². The molecule has 4 nitrogen and oxygen atoms in total. The summed E-state index contributed by atoms with van der Waals surface area (Å²) in [6.07, 6.45) is 1.65. The van der Waals surface area contributed by atoms with Crippen LogP contribution in [0.5, 0.6) is 0 Å². The van der Waals surface area contributed by atoms with Gasteiger partial charge in [0.15, 0.2) is 0 Å². The molecular weight excluding hydrogens is 204 g/mol. The first-order valence-electron chi connectivity index (χ1n) is 4.48. The number of esters is 2. The molecule has 2 unspecified atom stereocenters. The molecule has 1 fully saturated rings. The maximum absolute atomic E-state index is 11.4. The molecule has 1 heterocycles. The molecule has 0 saturated carbocycles. The SMILES string of the molecule is COC(=O)C1CCCSC1C(=O)OC. The number of carbonyl (C=O) groups is 2. The minimum atomic E-state index is -0.388. The smallest absolute Gasteiger partial charge is 0.319 e. The third-order valence-corrected chi connectivity index (χ3v) is 3.66. The molecule has 0 bridgehead atoms. The first kappa shape index (κ1) is 11.4. The van der Waals surface area contributed by atoms with E-state index in [2.05, 4.69) is 9.47 Å². The summed E-state index contributed by atoms with van der Waals surface area (Å²) < 4.78 is 9.30. The molecule has 0 spiro atoms. The standard InChI is InChI=1S/C9H14O4S/c1-12-8(10)6-4-3-5-14-7(6)9(11)13-2/h6-7H,3-5H2,1-2H3. The van der Waals surface area contributed by atoms with E-state index in [1.807, 2.05) is 0 Å². The molecule has 2 atom stereocenters. The van der Waals surface area contributed by atoms with Crippen LogP contribution in [0, 0.1) is 5.92 Å². The number of methoxy groups -OCH3 is 2. The lowest BCUT2D eigenvalue weighted by atomic mass is 9.99. The van der Waals surface area contributed by atoms with E-state index in [0.29, 0.717) is 6.42 Å². The van der Waals surface area contributed by atoms with Crippen LogP contribution in [0.25, 0.3) is 0 Å². The Hall–Kier alpha value is -0.710. The Kier molecular flexibility index (Phi) is 4.25. The predicted octanol–water partition coefficient (Wildman–Crippen LogP) is 0.844. The van der Waals surface area contributed by atoms with Gasteiger partial charge >= 0.3 is 11.9 Å². The van der Waals surface area contributed by atoms with E-state index in [0.717, 1.165) is 12.2 Å². The first-order chi connectivity index (χ1) is 6.70. The van der Waals surface area contributed by atoms with E-state index in [9.17, 15) is 9.59 Å². The second kappa shape index (κ2) is 5.24. The fourth-order valence-electron chi connectivity index (χ4n) is 1.52. The minimum Gasteiger partial charge on any atom is -0.469 e. The van der Waals surface area contributed by atoms with Crippen LogP contribution < -0.4 is 0 Å². The maximum atomic E-state index is 11.4. The van der Waals surface area contributed by atoms with Gasteiger partial charge in [-0.2, -0.15) is 0 Å². The van der Waals surface area contributed by atoms with E-state index < -0.39 is 0 Å². The van der Waals surface area contributed by atoms with Crippen molar-refractivity contribution >= 4 is 23.7 Å². The van der Waals surface area contributed by atoms with Gasteiger partial charge in [-0.3, -0.25) is 9.59 Å². The molecule has 1 rings (SSSR count). The van der Waals surface area contributed by atoms with E-state index in [1.54, 1.807) is 0 Å². The Morgan fingerprint density at radius 3 is 2.43 bits per heavy atom. The molecule has 1 saturated heterocycles. The fraction of sp³-hybridized carbons (Fsp3) is 0.778. The van der Waals surface area contributed by atoms with Crippen LogP contribution in [0.1, 0.15) is 12.8 Å². The van der Waals surface area contributed by atoms with Crippen molar-refractivity contribution in [2.45, 2.75) is 18.1 Å². The van der Waals surface area contributed by atoms with Crippen LogP contribution >= 0.6 is 11.8 Å². The zero-order valence-corrected chi connectivity index (χ0v) is 9.13. The number of hydrogen-bond acceptors (Lipinski definition) is 5. The second-order valence-electron chi connectivity index (χ2n) is 3.09. The third-order valence-electron chi connectivity index (χ3n) is 2.26. The average Bonchev–Trinajstić information content (AvgIpc) is 2.27. The number of carbonyl (C=O) groups excluding carboxylic acids is 2. The largest absolute Gasteiger partial charge is 0.469 e. The van der Waals surface area contributed by atoms with Gasteiger partial charge in [0.1, 0.15) is 5.25 Å². The maximum Gasteiger partial charge on any atom is 0.319 e. The highest BCUT2D eigenvalue weighted by Crippen LogP contribution is 2.32. The van der Waals surface area contributed by atoms with Crippen molar-refractivity contribution in [2.24, 2.45) is 5.92 Å². The van der Waals surface area contributed by atoms with Crippen LogP contribution in [0.2, 0.25) is 0 Å². The molecule has 80 valence electrons. The van der Waals surface area contributed by atoms with Crippen molar-refractivity contribution < 1.29 is 19.1 Å². The normalized spacial score (nSPS) is 26.7. The van der Waals surface area contributed by atoms with Crippen LogP contribution in [0.3, 0.4) is 0 Å². The molecule has 0 aromatic carbocycles. The molecule has 0 aromatic heterocycles. The Morgan fingerprint density at radius 2 is 1.86 bits per heavy atom. The monoisotopic (exact) mass is 218 g/mol. The quantitative estimate of drug-likeness (QED) is 0.643. The summed E-state index contributed by atoms with van der Waals surface area (Å²) in [4.78, 5) is 22.7. The van der Waals surface area contributed by atoms with E-state index in [-0.39, 0.29) is 23.1 Å². The Bertz CT molecular complexity index is 205.